The fraction of sp³-hybridized carbons (Fsp3) is 0.818. The topological polar surface area (TPSA) is 64.3 Å². The summed E-state index contributed by atoms with van der Waals surface area (Å²) in [6.07, 6.45) is 3.40. The van der Waals surface area contributed by atoms with Crippen LogP contribution in [0.2, 0.25) is 0 Å². The van der Waals surface area contributed by atoms with Gasteiger partial charge in [0, 0.05) is 7.05 Å². The van der Waals surface area contributed by atoms with Crippen LogP contribution in [-0.4, -0.2) is 46.6 Å². The molecule has 0 aromatic rings. The van der Waals surface area contributed by atoms with Gasteiger partial charge in [-0.25, -0.2) is 0 Å². The van der Waals surface area contributed by atoms with E-state index in [9.17, 15) is 9.90 Å². The first kappa shape index (κ1) is 13.3. The average molecular weight is 242 g/mol. The summed E-state index contributed by atoms with van der Waals surface area (Å²) in [5.41, 5.74) is 0. The number of hydrogen-bond donors (Lipinski definition) is 1. The molecule has 1 aliphatic carbocycles. The van der Waals surface area contributed by atoms with Gasteiger partial charge in [0.1, 0.15) is 0 Å². The second-order valence-electron chi connectivity index (χ2n) is 4.07. The van der Waals surface area contributed by atoms with Gasteiger partial charge in [0.05, 0.1) is 29.7 Å². The molecule has 0 bridgehead atoms. The van der Waals surface area contributed by atoms with Crippen LogP contribution in [0, 0.1) is 11.3 Å². The Bertz CT molecular complexity index is 278. The monoisotopic (exact) mass is 242 g/mol. The van der Waals surface area contributed by atoms with Gasteiger partial charge in [-0.1, -0.05) is 12.8 Å². The van der Waals surface area contributed by atoms with E-state index in [2.05, 4.69) is 0 Å². The number of hydrogen-bond acceptors (Lipinski definition) is 4. The molecule has 0 radical (unpaired) electrons. The molecule has 0 aromatic heterocycles. The van der Waals surface area contributed by atoms with Gasteiger partial charge in [-0.2, -0.15) is 5.26 Å². The Morgan fingerprint density at radius 3 is 2.88 bits per heavy atom. The zero-order valence-electron chi connectivity index (χ0n) is 9.56. The first-order valence-corrected chi connectivity index (χ1v) is 6.70. The standard InChI is InChI=1S/C11H18N2O2S/c1-13(11(15)8-16-7-6-12)9-4-2-3-5-10(9)14/h9-10,14H,2-5,7-8H2,1H3. The Morgan fingerprint density at radius 2 is 2.25 bits per heavy atom. The van der Waals surface area contributed by atoms with E-state index in [-0.39, 0.29) is 18.1 Å². The molecule has 1 amide bonds. The minimum Gasteiger partial charge on any atom is -0.391 e. The summed E-state index contributed by atoms with van der Waals surface area (Å²) in [7, 11) is 1.74. The van der Waals surface area contributed by atoms with Gasteiger partial charge in [-0.05, 0) is 12.8 Å². The Labute approximate surface area is 101 Å². The molecule has 16 heavy (non-hydrogen) atoms. The summed E-state index contributed by atoms with van der Waals surface area (Å²) in [6.45, 7) is 0. The second-order valence-corrected chi connectivity index (χ2v) is 5.06. The van der Waals surface area contributed by atoms with Gasteiger partial charge < -0.3 is 10.0 Å². The molecular formula is C11H18N2O2S. The first-order valence-electron chi connectivity index (χ1n) is 5.55. The van der Waals surface area contributed by atoms with E-state index in [0.717, 1.165) is 25.7 Å². The van der Waals surface area contributed by atoms with E-state index in [1.54, 1.807) is 11.9 Å². The van der Waals surface area contributed by atoms with Gasteiger partial charge in [-0.15, -0.1) is 11.8 Å². The van der Waals surface area contributed by atoms with E-state index in [1.807, 2.05) is 6.07 Å². The third-order valence-electron chi connectivity index (χ3n) is 2.98. The highest BCUT2D eigenvalue weighted by atomic mass is 32.2. The number of likely N-dealkylation sites (N-methyl/N-ethyl adjacent to an activating group) is 1. The molecule has 1 aliphatic rings. The van der Waals surface area contributed by atoms with E-state index in [1.165, 1.54) is 11.8 Å². The van der Waals surface area contributed by atoms with Crippen LogP contribution in [0.4, 0.5) is 0 Å². The Morgan fingerprint density at radius 1 is 1.56 bits per heavy atom. The van der Waals surface area contributed by atoms with Crippen molar-refractivity contribution in [2.75, 3.05) is 18.6 Å². The van der Waals surface area contributed by atoms with Crippen molar-refractivity contribution >= 4 is 17.7 Å². The SMILES string of the molecule is CN(C(=O)CSCC#N)C1CCCCC1O. The van der Waals surface area contributed by atoms with Crippen LogP contribution in [0.1, 0.15) is 25.7 Å². The molecule has 1 N–H and O–H groups in total. The summed E-state index contributed by atoms with van der Waals surface area (Å²) in [5.74, 6) is 0.672. The van der Waals surface area contributed by atoms with Crippen LogP contribution in [0.3, 0.4) is 0 Å². The Hall–Kier alpha value is -0.730. The minimum absolute atomic E-state index is 0.00574. The third-order valence-corrected chi connectivity index (χ3v) is 3.76. The molecular weight excluding hydrogens is 224 g/mol. The zero-order valence-corrected chi connectivity index (χ0v) is 10.4. The maximum absolute atomic E-state index is 11.7. The minimum atomic E-state index is -0.385. The maximum Gasteiger partial charge on any atom is 0.232 e. The van der Waals surface area contributed by atoms with Gasteiger partial charge in [0.25, 0.3) is 0 Å². The molecule has 0 aliphatic heterocycles. The molecule has 2 atom stereocenters. The number of rotatable bonds is 4. The lowest BCUT2D eigenvalue weighted by molar-refractivity contribution is -0.132. The van der Waals surface area contributed by atoms with Crippen molar-refractivity contribution in [2.45, 2.75) is 37.8 Å². The van der Waals surface area contributed by atoms with Crippen LogP contribution in [0.5, 0.6) is 0 Å². The Kier molecular flexibility index (Phi) is 5.64. The molecule has 0 aromatic carbocycles. The van der Waals surface area contributed by atoms with E-state index >= 15 is 0 Å². The van der Waals surface area contributed by atoms with Crippen molar-refractivity contribution in [3.05, 3.63) is 0 Å². The predicted molar refractivity (Wildman–Crippen MR) is 64.0 cm³/mol. The number of carbonyl (C=O) groups is 1. The molecule has 2 unspecified atom stereocenters. The van der Waals surface area contributed by atoms with Crippen molar-refractivity contribution in [1.29, 1.82) is 5.26 Å². The predicted octanol–water partition coefficient (Wildman–Crippen LogP) is 1.01. The van der Waals surface area contributed by atoms with E-state index < -0.39 is 0 Å². The molecule has 1 fully saturated rings. The lowest BCUT2D eigenvalue weighted by Crippen LogP contribution is -2.46. The molecule has 0 heterocycles. The Balaban J connectivity index is 2.39. The summed E-state index contributed by atoms with van der Waals surface area (Å²) in [6, 6.07) is 1.96. The molecule has 0 spiro atoms. The van der Waals surface area contributed by atoms with E-state index in [0.29, 0.717) is 11.5 Å². The third kappa shape index (κ3) is 3.69. The van der Waals surface area contributed by atoms with Crippen molar-refractivity contribution in [3.8, 4) is 6.07 Å². The van der Waals surface area contributed by atoms with Crippen molar-refractivity contribution < 1.29 is 9.90 Å². The van der Waals surface area contributed by atoms with Crippen LogP contribution in [0.15, 0.2) is 0 Å². The highest BCUT2D eigenvalue weighted by molar-refractivity contribution is 8.00. The summed E-state index contributed by atoms with van der Waals surface area (Å²) in [4.78, 5) is 13.4. The lowest BCUT2D eigenvalue weighted by Gasteiger charge is -2.35. The molecule has 0 saturated heterocycles. The maximum atomic E-state index is 11.7. The summed E-state index contributed by atoms with van der Waals surface area (Å²) >= 11 is 1.32. The van der Waals surface area contributed by atoms with Crippen LogP contribution in [0.25, 0.3) is 0 Å². The van der Waals surface area contributed by atoms with Crippen molar-refractivity contribution in [1.82, 2.24) is 4.90 Å². The number of amides is 1. The van der Waals surface area contributed by atoms with Crippen LogP contribution in [-0.2, 0) is 4.79 Å². The number of nitrogens with zero attached hydrogens (tertiary/aromatic N) is 2. The van der Waals surface area contributed by atoms with Gasteiger partial charge in [-0.3, -0.25) is 4.79 Å². The molecule has 1 rings (SSSR count). The number of nitriles is 1. The van der Waals surface area contributed by atoms with E-state index in [4.69, 9.17) is 5.26 Å². The van der Waals surface area contributed by atoms with Gasteiger partial charge in [0.2, 0.25) is 5.91 Å². The van der Waals surface area contributed by atoms with Crippen molar-refractivity contribution in [2.24, 2.45) is 0 Å². The largest absolute Gasteiger partial charge is 0.391 e. The highest BCUT2D eigenvalue weighted by Gasteiger charge is 2.28. The normalized spacial score (nSPS) is 24.8. The molecule has 1 saturated carbocycles. The van der Waals surface area contributed by atoms with Crippen molar-refractivity contribution in [3.63, 3.8) is 0 Å². The highest BCUT2D eigenvalue weighted by Crippen LogP contribution is 2.22. The molecule has 90 valence electrons. The van der Waals surface area contributed by atoms with Gasteiger partial charge >= 0.3 is 0 Å². The summed E-state index contributed by atoms with van der Waals surface area (Å²) in [5, 5.41) is 18.2. The van der Waals surface area contributed by atoms with Crippen LogP contribution >= 0.6 is 11.8 Å². The fourth-order valence-electron chi connectivity index (χ4n) is 2.01. The second kappa shape index (κ2) is 6.77. The zero-order chi connectivity index (χ0) is 12.0. The number of carbonyl (C=O) groups excluding carboxylic acids is 1. The average Bonchev–Trinajstić information content (AvgIpc) is 2.29. The fourth-order valence-corrected chi connectivity index (χ4v) is 2.59. The number of aliphatic hydroxyl groups excluding tert-OH is 1. The quantitative estimate of drug-likeness (QED) is 0.747. The summed E-state index contributed by atoms with van der Waals surface area (Å²) < 4.78 is 0. The van der Waals surface area contributed by atoms with Gasteiger partial charge in [0.15, 0.2) is 0 Å². The number of thioether (sulfide) groups is 1. The molecule has 4 nitrogen and oxygen atoms in total. The molecule has 5 heteroatoms. The first-order chi connectivity index (χ1) is 7.66. The smallest absolute Gasteiger partial charge is 0.232 e. The van der Waals surface area contributed by atoms with Crippen LogP contribution < -0.4 is 0 Å². The number of aliphatic hydroxyl groups is 1. The lowest BCUT2D eigenvalue weighted by atomic mass is 9.91.